The van der Waals surface area contributed by atoms with Crippen LogP contribution in [0, 0.1) is 11.3 Å². The summed E-state index contributed by atoms with van der Waals surface area (Å²) < 4.78 is 1.06. The molecule has 1 aromatic carbocycles. The number of benzene rings is 1. The molecule has 0 atom stereocenters. The summed E-state index contributed by atoms with van der Waals surface area (Å²) in [5.41, 5.74) is 3.00. The first kappa shape index (κ1) is 6.63. The molecule has 52 valence electrons. The Kier molecular flexibility index (Phi) is 1.33. The van der Waals surface area contributed by atoms with Crippen LogP contribution in [-0.4, -0.2) is 0 Å². The lowest BCUT2D eigenvalue weighted by Crippen LogP contribution is -1.95. The zero-order chi connectivity index (χ0) is 7.84. The molecule has 0 bridgehead atoms. The van der Waals surface area contributed by atoms with Gasteiger partial charge in [0.1, 0.15) is 0 Å². The highest BCUT2D eigenvalue weighted by atomic mass is 79.9. The highest BCUT2D eigenvalue weighted by Crippen LogP contribution is 2.33. The van der Waals surface area contributed by atoms with Crippen molar-refractivity contribution < 1.29 is 0 Å². The van der Waals surface area contributed by atoms with Gasteiger partial charge in [-0.25, -0.2) is 0 Å². The molecule has 1 aromatic rings. The van der Waals surface area contributed by atoms with E-state index >= 15 is 0 Å². The largest absolute Gasteiger partial charge is 0.192 e. The molecule has 2 heteroatoms. The Morgan fingerprint density at radius 1 is 1.36 bits per heavy atom. The maximum atomic E-state index is 8.57. The van der Waals surface area contributed by atoms with E-state index in [-0.39, 0.29) is 0 Å². The van der Waals surface area contributed by atoms with Crippen molar-refractivity contribution in [1.29, 1.82) is 5.26 Å². The number of hydrogen-bond acceptors (Lipinski definition) is 1. The zero-order valence-corrected chi connectivity index (χ0v) is 7.22. The highest BCUT2D eigenvalue weighted by molar-refractivity contribution is 9.10. The first-order valence-electron chi connectivity index (χ1n) is 3.23. The Hall–Kier alpha value is -1.07. The Morgan fingerprint density at radius 3 is 2.82 bits per heavy atom. The third kappa shape index (κ3) is 0.892. The molecule has 1 aliphatic carbocycles. The van der Waals surface area contributed by atoms with E-state index in [0.717, 1.165) is 21.2 Å². The zero-order valence-electron chi connectivity index (χ0n) is 5.63. The molecule has 11 heavy (non-hydrogen) atoms. The van der Waals surface area contributed by atoms with Crippen molar-refractivity contribution in [1.82, 2.24) is 0 Å². The summed E-state index contributed by atoms with van der Waals surface area (Å²) in [6, 6.07) is 8.04. The minimum absolute atomic E-state index is 0.785. The fourth-order valence-electron chi connectivity index (χ4n) is 1.15. The molecule has 1 nitrogen and oxygen atoms in total. The molecule has 0 N–H and O–H groups in total. The summed E-state index contributed by atoms with van der Waals surface area (Å²) >= 11 is 3.36. The fraction of sp³-hybridized carbons (Fsp3) is 0. The van der Waals surface area contributed by atoms with Gasteiger partial charge >= 0.3 is 0 Å². The molecule has 0 fully saturated rings. The molecule has 1 aliphatic rings. The first-order chi connectivity index (χ1) is 5.31. The molecule has 2 rings (SSSR count). The lowest BCUT2D eigenvalue weighted by molar-refractivity contribution is 1.47. The monoisotopic (exact) mass is 205 g/mol. The van der Waals surface area contributed by atoms with E-state index in [4.69, 9.17) is 5.26 Å². The van der Waals surface area contributed by atoms with Crippen molar-refractivity contribution in [3.05, 3.63) is 33.8 Å². The molecular weight excluding hydrogens is 202 g/mol. The van der Waals surface area contributed by atoms with Gasteiger partial charge in [0.25, 0.3) is 0 Å². The minimum atomic E-state index is 0.785. The van der Waals surface area contributed by atoms with Crippen LogP contribution in [0.1, 0.15) is 11.1 Å². The van der Waals surface area contributed by atoms with Gasteiger partial charge in [-0.1, -0.05) is 22.0 Å². The maximum Gasteiger partial charge on any atom is 0.0998 e. The summed E-state index contributed by atoms with van der Waals surface area (Å²) in [4.78, 5) is 0. The standard InChI is InChI=1S/C9H4BrN/c10-8-1-2-9-6(4-8)3-7(9)5-11/h1-4H. The summed E-state index contributed by atoms with van der Waals surface area (Å²) in [7, 11) is 0. The number of nitrogens with zero attached hydrogens (tertiary/aromatic N) is 1. The van der Waals surface area contributed by atoms with Crippen molar-refractivity contribution in [2.24, 2.45) is 0 Å². The van der Waals surface area contributed by atoms with Gasteiger partial charge < -0.3 is 0 Å². The smallest absolute Gasteiger partial charge is 0.0998 e. The van der Waals surface area contributed by atoms with Gasteiger partial charge in [0.05, 0.1) is 11.6 Å². The van der Waals surface area contributed by atoms with Crippen LogP contribution in [0.4, 0.5) is 0 Å². The van der Waals surface area contributed by atoms with Crippen LogP contribution in [0.25, 0.3) is 11.6 Å². The third-order valence-electron chi connectivity index (χ3n) is 1.72. The number of nitriles is 1. The van der Waals surface area contributed by atoms with E-state index in [1.165, 1.54) is 0 Å². The van der Waals surface area contributed by atoms with Crippen LogP contribution in [0.3, 0.4) is 0 Å². The van der Waals surface area contributed by atoms with Gasteiger partial charge in [-0.3, -0.25) is 0 Å². The SMILES string of the molecule is N#CC1=Cc2cc(Br)ccc21. The van der Waals surface area contributed by atoms with Crippen LogP contribution in [-0.2, 0) is 0 Å². The third-order valence-corrected chi connectivity index (χ3v) is 2.22. The molecule has 0 radical (unpaired) electrons. The van der Waals surface area contributed by atoms with Gasteiger partial charge in [-0.15, -0.1) is 0 Å². The number of fused-ring (bicyclic) bond motifs is 1. The Labute approximate surface area is 73.1 Å². The molecule has 0 saturated carbocycles. The van der Waals surface area contributed by atoms with Gasteiger partial charge in [0.15, 0.2) is 0 Å². The predicted molar refractivity (Wildman–Crippen MR) is 47.6 cm³/mol. The number of halogens is 1. The number of hydrogen-bond donors (Lipinski definition) is 0. The van der Waals surface area contributed by atoms with Crippen molar-refractivity contribution >= 4 is 27.6 Å². The van der Waals surface area contributed by atoms with E-state index in [0.29, 0.717) is 0 Å². The van der Waals surface area contributed by atoms with Crippen molar-refractivity contribution in [3.63, 3.8) is 0 Å². The Bertz CT molecular complexity index is 385. The van der Waals surface area contributed by atoms with Crippen molar-refractivity contribution in [2.45, 2.75) is 0 Å². The lowest BCUT2D eigenvalue weighted by atomic mass is 9.90. The van der Waals surface area contributed by atoms with Gasteiger partial charge in [0.2, 0.25) is 0 Å². The van der Waals surface area contributed by atoms with E-state index in [2.05, 4.69) is 22.0 Å². The van der Waals surface area contributed by atoms with E-state index in [9.17, 15) is 0 Å². The number of rotatable bonds is 0. The molecule has 0 saturated heterocycles. The van der Waals surface area contributed by atoms with Crippen LogP contribution >= 0.6 is 15.9 Å². The topological polar surface area (TPSA) is 23.8 Å². The van der Waals surface area contributed by atoms with Crippen LogP contribution in [0.2, 0.25) is 0 Å². The predicted octanol–water partition coefficient (Wildman–Crippen LogP) is 2.83. The second-order valence-corrected chi connectivity index (χ2v) is 3.32. The van der Waals surface area contributed by atoms with Crippen LogP contribution in [0.5, 0.6) is 0 Å². The first-order valence-corrected chi connectivity index (χ1v) is 4.02. The molecule has 0 heterocycles. The summed E-state index contributed by atoms with van der Waals surface area (Å²) in [6.45, 7) is 0. The van der Waals surface area contributed by atoms with E-state index in [1.54, 1.807) is 0 Å². The second kappa shape index (κ2) is 2.21. The average molecular weight is 206 g/mol. The highest BCUT2D eigenvalue weighted by Gasteiger charge is 2.14. The fourth-order valence-corrected chi connectivity index (χ4v) is 1.53. The number of allylic oxidation sites excluding steroid dienone is 1. The molecule has 0 aromatic heterocycles. The maximum absolute atomic E-state index is 8.57. The van der Waals surface area contributed by atoms with Gasteiger partial charge in [-0.2, -0.15) is 5.26 Å². The average Bonchev–Trinajstić information content (AvgIpc) is 1.95. The molecular formula is C9H4BrN. The summed E-state index contributed by atoms with van der Waals surface area (Å²) in [5, 5.41) is 8.57. The normalized spacial score (nSPS) is 12.5. The summed E-state index contributed by atoms with van der Waals surface area (Å²) in [6.07, 6.45) is 1.89. The molecule has 0 unspecified atom stereocenters. The van der Waals surface area contributed by atoms with Crippen LogP contribution < -0.4 is 0 Å². The quantitative estimate of drug-likeness (QED) is 0.640. The van der Waals surface area contributed by atoms with Crippen LogP contribution in [0.15, 0.2) is 22.7 Å². The van der Waals surface area contributed by atoms with Crippen molar-refractivity contribution in [3.8, 4) is 6.07 Å². The minimum Gasteiger partial charge on any atom is -0.192 e. The van der Waals surface area contributed by atoms with Gasteiger partial charge in [0, 0.05) is 4.47 Å². The van der Waals surface area contributed by atoms with Crippen molar-refractivity contribution in [2.75, 3.05) is 0 Å². The van der Waals surface area contributed by atoms with E-state index < -0.39 is 0 Å². The molecule has 0 spiro atoms. The molecule has 0 aliphatic heterocycles. The Morgan fingerprint density at radius 2 is 2.18 bits per heavy atom. The second-order valence-electron chi connectivity index (χ2n) is 2.40. The Balaban J connectivity index is 2.53. The van der Waals surface area contributed by atoms with Gasteiger partial charge in [-0.05, 0) is 29.3 Å². The summed E-state index contributed by atoms with van der Waals surface area (Å²) in [5.74, 6) is 0. The van der Waals surface area contributed by atoms with E-state index in [1.807, 2.05) is 24.3 Å². The lowest BCUT2D eigenvalue weighted by Gasteiger charge is -2.13. The molecule has 0 amide bonds.